The van der Waals surface area contributed by atoms with Crippen molar-refractivity contribution in [3.05, 3.63) is 59.2 Å². The molecule has 1 aliphatic carbocycles. The van der Waals surface area contributed by atoms with Crippen molar-refractivity contribution >= 4 is 17.8 Å². The quantitative estimate of drug-likeness (QED) is 0.642. The molecule has 0 heterocycles. The van der Waals surface area contributed by atoms with E-state index in [1.54, 1.807) is 6.21 Å². The number of benzene rings is 2. The normalized spacial score (nSPS) is 13.3. The molecule has 136 valence electrons. The lowest BCUT2D eigenvalue weighted by Crippen LogP contribution is -2.24. The van der Waals surface area contributed by atoms with Gasteiger partial charge in [-0.2, -0.15) is 5.10 Å². The molecule has 0 bridgehead atoms. The van der Waals surface area contributed by atoms with Crippen LogP contribution in [0.25, 0.3) is 0 Å². The molecule has 5 nitrogen and oxygen atoms in total. The minimum Gasteiger partial charge on any atom is -0.484 e. The highest BCUT2D eigenvalue weighted by molar-refractivity contribution is 5.83. The number of nitrogens with zero attached hydrogens (tertiary/aromatic N) is 2. The van der Waals surface area contributed by atoms with Gasteiger partial charge in [0, 0.05) is 19.8 Å². The van der Waals surface area contributed by atoms with Gasteiger partial charge in [0.2, 0.25) is 0 Å². The number of hydrogen-bond acceptors (Lipinski definition) is 4. The Labute approximate surface area is 154 Å². The zero-order valence-corrected chi connectivity index (χ0v) is 15.4. The third kappa shape index (κ3) is 4.85. The fourth-order valence-corrected chi connectivity index (χ4v) is 3.02. The number of hydrogen-bond donors (Lipinski definition) is 1. The summed E-state index contributed by atoms with van der Waals surface area (Å²) in [5.74, 6) is 0.466. The third-order valence-corrected chi connectivity index (χ3v) is 4.50. The van der Waals surface area contributed by atoms with Gasteiger partial charge in [-0.25, -0.2) is 5.43 Å². The zero-order valence-electron chi connectivity index (χ0n) is 15.4. The molecular weight excluding hydrogens is 326 g/mol. The van der Waals surface area contributed by atoms with Gasteiger partial charge in [0.15, 0.2) is 6.61 Å². The van der Waals surface area contributed by atoms with Crippen LogP contribution in [0.1, 0.15) is 29.5 Å². The van der Waals surface area contributed by atoms with Crippen LogP contribution in [0.2, 0.25) is 0 Å². The van der Waals surface area contributed by atoms with E-state index >= 15 is 0 Å². The Morgan fingerprint density at radius 1 is 1.12 bits per heavy atom. The van der Waals surface area contributed by atoms with E-state index in [9.17, 15) is 4.79 Å². The Hall–Kier alpha value is -2.82. The number of carbonyl (C=O) groups excluding carboxylic acids is 1. The summed E-state index contributed by atoms with van der Waals surface area (Å²) in [7, 11) is 3.98. The Balaban J connectivity index is 1.46. The number of amides is 1. The number of nitrogens with one attached hydrogen (secondary N) is 1. The molecule has 0 aromatic heterocycles. The minimum atomic E-state index is -0.274. The second-order valence-corrected chi connectivity index (χ2v) is 6.71. The van der Waals surface area contributed by atoms with Crippen molar-refractivity contribution in [1.29, 1.82) is 0 Å². The first kappa shape index (κ1) is 18.0. The van der Waals surface area contributed by atoms with Gasteiger partial charge in [-0.15, -0.1) is 0 Å². The van der Waals surface area contributed by atoms with Gasteiger partial charge < -0.3 is 9.64 Å². The summed E-state index contributed by atoms with van der Waals surface area (Å²) in [4.78, 5) is 13.9. The summed E-state index contributed by atoms with van der Waals surface area (Å²) in [6.07, 6.45) is 6.33. The summed E-state index contributed by atoms with van der Waals surface area (Å²) in [6.45, 7) is -0.0459. The van der Waals surface area contributed by atoms with Gasteiger partial charge in [0.25, 0.3) is 5.91 Å². The SMILES string of the molecule is CN(C)c1ccc(/C=N\NC(=O)COc2ccc3c(c2)CCCC3)cc1. The van der Waals surface area contributed by atoms with Gasteiger partial charge in [0.05, 0.1) is 6.21 Å². The molecule has 2 aromatic carbocycles. The zero-order chi connectivity index (χ0) is 18.4. The van der Waals surface area contributed by atoms with Crippen LogP contribution in [0.3, 0.4) is 0 Å². The van der Waals surface area contributed by atoms with Crippen molar-refractivity contribution in [2.45, 2.75) is 25.7 Å². The summed E-state index contributed by atoms with van der Waals surface area (Å²) >= 11 is 0. The maximum atomic E-state index is 11.9. The first-order valence-electron chi connectivity index (χ1n) is 8.96. The summed E-state index contributed by atoms with van der Waals surface area (Å²) in [5.41, 5.74) is 7.28. The standard InChI is InChI=1S/C21H25N3O2/c1-24(2)19-10-7-16(8-11-19)14-22-23-21(25)15-26-20-12-9-17-5-3-4-6-18(17)13-20/h7-14H,3-6,15H2,1-2H3,(H,23,25)/b22-14-. The van der Waals surface area contributed by atoms with Crippen LogP contribution in [0.4, 0.5) is 5.69 Å². The molecule has 0 fully saturated rings. The van der Waals surface area contributed by atoms with Crippen LogP contribution in [-0.2, 0) is 17.6 Å². The lowest BCUT2D eigenvalue weighted by molar-refractivity contribution is -0.123. The van der Waals surface area contributed by atoms with E-state index in [4.69, 9.17) is 4.74 Å². The van der Waals surface area contributed by atoms with E-state index in [-0.39, 0.29) is 12.5 Å². The Morgan fingerprint density at radius 2 is 1.85 bits per heavy atom. The Morgan fingerprint density at radius 3 is 2.58 bits per heavy atom. The van der Waals surface area contributed by atoms with Crippen molar-refractivity contribution < 1.29 is 9.53 Å². The molecule has 1 aliphatic rings. The van der Waals surface area contributed by atoms with Crippen molar-refractivity contribution in [3.8, 4) is 5.75 Å². The van der Waals surface area contributed by atoms with E-state index in [1.807, 2.05) is 49.3 Å². The lowest BCUT2D eigenvalue weighted by Gasteiger charge is -2.16. The highest BCUT2D eigenvalue weighted by atomic mass is 16.5. The van der Waals surface area contributed by atoms with Crippen LogP contribution in [-0.4, -0.2) is 32.8 Å². The number of carbonyl (C=O) groups is 1. The summed E-state index contributed by atoms with van der Waals surface area (Å²) in [6, 6.07) is 14.0. The van der Waals surface area contributed by atoms with E-state index < -0.39 is 0 Å². The number of aryl methyl sites for hydroxylation is 2. The Kier molecular flexibility index (Phi) is 5.89. The van der Waals surface area contributed by atoms with Crippen LogP contribution in [0.5, 0.6) is 5.75 Å². The highest BCUT2D eigenvalue weighted by Crippen LogP contribution is 2.25. The van der Waals surface area contributed by atoms with Crippen molar-refractivity contribution in [2.24, 2.45) is 5.10 Å². The van der Waals surface area contributed by atoms with Gasteiger partial charge in [-0.3, -0.25) is 4.79 Å². The minimum absolute atomic E-state index is 0.0459. The molecular formula is C21H25N3O2. The lowest BCUT2D eigenvalue weighted by atomic mass is 9.92. The summed E-state index contributed by atoms with van der Waals surface area (Å²) in [5, 5.41) is 3.98. The van der Waals surface area contributed by atoms with E-state index in [1.165, 1.54) is 24.0 Å². The average Bonchev–Trinajstić information content (AvgIpc) is 2.66. The van der Waals surface area contributed by atoms with Crippen molar-refractivity contribution in [3.63, 3.8) is 0 Å². The number of ether oxygens (including phenoxy) is 1. The van der Waals surface area contributed by atoms with Gasteiger partial charge >= 0.3 is 0 Å². The second-order valence-electron chi connectivity index (χ2n) is 6.71. The predicted molar refractivity (Wildman–Crippen MR) is 105 cm³/mol. The molecule has 5 heteroatoms. The van der Waals surface area contributed by atoms with Crippen LogP contribution in [0, 0.1) is 0 Å². The molecule has 0 spiro atoms. The van der Waals surface area contributed by atoms with Gasteiger partial charge in [-0.1, -0.05) is 18.2 Å². The smallest absolute Gasteiger partial charge is 0.277 e. The molecule has 0 saturated carbocycles. The number of fused-ring (bicyclic) bond motifs is 1. The van der Waals surface area contributed by atoms with Crippen molar-refractivity contribution in [1.82, 2.24) is 5.43 Å². The molecule has 26 heavy (non-hydrogen) atoms. The topological polar surface area (TPSA) is 53.9 Å². The third-order valence-electron chi connectivity index (χ3n) is 4.50. The molecule has 2 aromatic rings. The van der Waals surface area contributed by atoms with E-state index in [2.05, 4.69) is 22.7 Å². The molecule has 3 rings (SSSR count). The van der Waals surface area contributed by atoms with E-state index in [0.717, 1.165) is 29.8 Å². The monoisotopic (exact) mass is 351 g/mol. The largest absolute Gasteiger partial charge is 0.484 e. The molecule has 0 aliphatic heterocycles. The Bertz CT molecular complexity index is 782. The molecule has 0 unspecified atom stereocenters. The number of anilines is 1. The highest BCUT2D eigenvalue weighted by Gasteiger charge is 2.10. The molecule has 0 radical (unpaired) electrons. The maximum absolute atomic E-state index is 11.9. The molecule has 1 N–H and O–H groups in total. The van der Waals surface area contributed by atoms with E-state index in [0.29, 0.717) is 0 Å². The number of rotatable bonds is 6. The first-order valence-corrected chi connectivity index (χ1v) is 8.96. The summed E-state index contributed by atoms with van der Waals surface area (Å²) < 4.78 is 5.59. The average molecular weight is 351 g/mol. The second kappa shape index (κ2) is 8.52. The van der Waals surface area contributed by atoms with Crippen molar-refractivity contribution in [2.75, 3.05) is 25.6 Å². The fraction of sp³-hybridized carbons (Fsp3) is 0.333. The maximum Gasteiger partial charge on any atom is 0.277 e. The fourth-order valence-electron chi connectivity index (χ4n) is 3.02. The predicted octanol–water partition coefficient (Wildman–Crippen LogP) is 3.16. The first-order chi connectivity index (χ1) is 12.6. The van der Waals surface area contributed by atoms with Crippen LogP contribution in [0.15, 0.2) is 47.6 Å². The molecule has 0 saturated heterocycles. The van der Waals surface area contributed by atoms with Crippen LogP contribution >= 0.6 is 0 Å². The molecule has 1 amide bonds. The van der Waals surface area contributed by atoms with Gasteiger partial charge in [-0.05, 0) is 66.6 Å². The number of hydrazone groups is 1. The van der Waals surface area contributed by atoms with Gasteiger partial charge in [0.1, 0.15) is 5.75 Å². The van der Waals surface area contributed by atoms with Crippen LogP contribution < -0.4 is 15.1 Å². The molecule has 0 atom stereocenters.